The Bertz CT molecular complexity index is 307. The number of rotatable bonds is 2. The molecule has 1 fully saturated rings. The third-order valence-corrected chi connectivity index (χ3v) is 2.82. The Morgan fingerprint density at radius 1 is 1.26 bits per heavy atom. The van der Waals surface area contributed by atoms with Crippen LogP contribution in [-0.2, 0) is 4.74 Å². The van der Waals surface area contributed by atoms with Crippen molar-refractivity contribution in [3.05, 3.63) is 0 Å². The van der Waals surface area contributed by atoms with E-state index in [1.807, 2.05) is 0 Å². The first-order valence-electron chi connectivity index (χ1n) is 6.37. The van der Waals surface area contributed by atoms with Crippen LogP contribution in [0.3, 0.4) is 0 Å². The number of hydrogen-bond acceptors (Lipinski definition) is 3. The number of amides is 1. The van der Waals surface area contributed by atoms with E-state index in [1.165, 1.54) is 0 Å². The van der Waals surface area contributed by atoms with Gasteiger partial charge < -0.3 is 10.1 Å². The first kappa shape index (κ1) is 16.1. The summed E-state index contributed by atoms with van der Waals surface area (Å²) >= 11 is 0. The van der Waals surface area contributed by atoms with Crippen LogP contribution in [0.4, 0.5) is 18.0 Å². The predicted molar refractivity (Wildman–Crippen MR) is 64.6 cm³/mol. The Hall–Kier alpha value is -0.980. The van der Waals surface area contributed by atoms with Crippen LogP contribution in [0, 0.1) is 5.92 Å². The maximum atomic E-state index is 12.9. The van der Waals surface area contributed by atoms with Gasteiger partial charge in [-0.15, -0.1) is 13.2 Å². The van der Waals surface area contributed by atoms with E-state index in [2.05, 4.69) is 5.32 Å². The van der Waals surface area contributed by atoms with E-state index in [-0.39, 0.29) is 17.4 Å². The van der Waals surface area contributed by atoms with Gasteiger partial charge in [0, 0.05) is 6.54 Å². The van der Waals surface area contributed by atoms with Crippen LogP contribution in [0.2, 0.25) is 0 Å². The van der Waals surface area contributed by atoms with Crippen LogP contribution in [0.15, 0.2) is 0 Å². The fourth-order valence-corrected chi connectivity index (χ4v) is 1.92. The van der Waals surface area contributed by atoms with Crippen molar-refractivity contribution in [2.75, 3.05) is 19.6 Å². The molecule has 1 rings (SSSR count). The lowest BCUT2D eigenvalue weighted by Gasteiger charge is -2.32. The first-order valence-corrected chi connectivity index (χ1v) is 6.37. The van der Waals surface area contributed by atoms with Crippen molar-refractivity contribution in [3.8, 4) is 0 Å². The fraction of sp³-hybridized carbons (Fsp3) is 0.917. The molecule has 0 spiro atoms. The Balaban J connectivity index is 2.69. The zero-order valence-corrected chi connectivity index (χ0v) is 11.5. The molecule has 1 saturated heterocycles. The predicted octanol–water partition coefficient (Wildman–Crippen LogP) is 2.74. The quantitative estimate of drug-likeness (QED) is 0.792. The van der Waals surface area contributed by atoms with E-state index in [4.69, 9.17) is 4.74 Å². The molecule has 112 valence electrons. The molecule has 1 aliphatic rings. The van der Waals surface area contributed by atoms with Crippen molar-refractivity contribution < 1.29 is 22.7 Å². The second-order valence-electron chi connectivity index (χ2n) is 5.75. The summed E-state index contributed by atoms with van der Waals surface area (Å²) in [5.41, 5.74) is -0.936. The summed E-state index contributed by atoms with van der Waals surface area (Å²) in [5, 5.41) is 3.08. The molecule has 0 bridgehead atoms. The molecule has 19 heavy (non-hydrogen) atoms. The van der Waals surface area contributed by atoms with Crippen LogP contribution >= 0.6 is 0 Å². The fourth-order valence-electron chi connectivity index (χ4n) is 1.92. The molecule has 1 aliphatic heterocycles. The summed E-state index contributed by atoms with van der Waals surface area (Å²) < 4.78 is 43.5. The van der Waals surface area contributed by atoms with Crippen molar-refractivity contribution in [1.82, 2.24) is 10.2 Å². The molecule has 1 heterocycles. The summed E-state index contributed by atoms with van der Waals surface area (Å²) in [7, 11) is 0. The number of piperidine rings is 1. The number of nitrogens with one attached hydrogen (secondary N) is 1. The number of hydrogen-bond donors (Lipinski definition) is 1. The van der Waals surface area contributed by atoms with Crippen molar-refractivity contribution in [2.45, 2.75) is 45.5 Å². The number of carbonyl (C=O) groups excluding carboxylic acids is 1. The molecule has 1 N–H and O–H groups in total. The Morgan fingerprint density at radius 3 is 2.21 bits per heavy atom. The van der Waals surface area contributed by atoms with E-state index < -0.39 is 18.0 Å². The second kappa shape index (κ2) is 5.98. The van der Waals surface area contributed by atoms with Crippen LogP contribution < -0.4 is 5.32 Å². The highest BCUT2D eigenvalue weighted by Crippen LogP contribution is 2.27. The lowest BCUT2D eigenvalue weighted by atomic mass is 9.98. The average Bonchev–Trinajstić information content (AvgIpc) is 2.23. The normalized spacial score (nSPS) is 18.2. The van der Waals surface area contributed by atoms with E-state index in [0.29, 0.717) is 25.9 Å². The maximum Gasteiger partial charge on any atom is 0.489 e. The van der Waals surface area contributed by atoms with Crippen molar-refractivity contribution in [1.29, 1.82) is 0 Å². The number of ether oxygens (including phenoxy) is 1. The summed E-state index contributed by atoms with van der Waals surface area (Å²) in [5.74, 6) is -0.143. The lowest BCUT2D eigenvalue weighted by Crippen LogP contribution is -2.48. The van der Waals surface area contributed by atoms with Gasteiger partial charge in [0.2, 0.25) is 0 Å². The van der Waals surface area contributed by atoms with Gasteiger partial charge in [-0.1, -0.05) is 0 Å². The van der Waals surface area contributed by atoms with Gasteiger partial charge in [0.25, 0.3) is 0 Å². The molecule has 0 saturated carbocycles. The molecular formula is C12H21F3N2O2. The largest absolute Gasteiger partial charge is 0.489 e. The molecular weight excluding hydrogens is 261 g/mol. The molecule has 7 heteroatoms. The summed E-state index contributed by atoms with van der Waals surface area (Å²) in [6.45, 7) is 5.67. The zero-order chi connectivity index (χ0) is 14.7. The van der Waals surface area contributed by atoms with Gasteiger partial charge in [0.15, 0.2) is 0 Å². The Morgan fingerprint density at radius 2 is 1.79 bits per heavy atom. The van der Waals surface area contributed by atoms with E-state index in [9.17, 15) is 18.0 Å². The van der Waals surface area contributed by atoms with E-state index >= 15 is 0 Å². The molecule has 0 aromatic rings. The van der Waals surface area contributed by atoms with Crippen molar-refractivity contribution in [2.24, 2.45) is 5.92 Å². The highest BCUT2D eigenvalue weighted by atomic mass is 19.4. The Labute approximate surface area is 111 Å². The molecule has 0 aromatic heterocycles. The van der Waals surface area contributed by atoms with Crippen LogP contribution in [0.25, 0.3) is 0 Å². The summed E-state index contributed by atoms with van der Waals surface area (Å²) in [6.07, 6.45) is -4.75. The number of nitrogens with zero attached hydrogens (tertiary/aromatic N) is 1. The highest BCUT2D eigenvalue weighted by Gasteiger charge is 2.44. The molecule has 4 nitrogen and oxygen atoms in total. The van der Waals surface area contributed by atoms with Crippen molar-refractivity contribution >= 4 is 6.09 Å². The smallest absolute Gasteiger partial charge is 0.444 e. The van der Waals surface area contributed by atoms with Gasteiger partial charge in [-0.2, -0.15) is 0 Å². The number of alkyl halides is 3. The minimum Gasteiger partial charge on any atom is -0.444 e. The molecule has 0 unspecified atom stereocenters. The summed E-state index contributed by atoms with van der Waals surface area (Å²) in [6, 6.07) is 0. The topological polar surface area (TPSA) is 41.6 Å². The highest BCUT2D eigenvalue weighted by molar-refractivity contribution is 5.68. The monoisotopic (exact) mass is 282 g/mol. The van der Waals surface area contributed by atoms with Gasteiger partial charge in [-0.25, -0.2) is 9.69 Å². The molecule has 0 radical (unpaired) electrons. The molecule has 0 aliphatic carbocycles. The lowest BCUT2D eigenvalue weighted by molar-refractivity contribution is -0.236. The SMILES string of the molecule is CC(C)(C)OC(=O)N(CC1CCNCC1)C(F)(F)F. The molecule has 1 amide bonds. The minimum atomic E-state index is -4.70. The second-order valence-corrected chi connectivity index (χ2v) is 5.75. The van der Waals surface area contributed by atoms with Crippen LogP contribution in [0.5, 0.6) is 0 Å². The Kier molecular flexibility index (Phi) is 5.06. The zero-order valence-electron chi connectivity index (χ0n) is 11.5. The number of carbonyl (C=O) groups is 1. The van der Waals surface area contributed by atoms with Gasteiger partial charge in [0.05, 0.1) is 0 Å². The molecule has 0 aromatic carbocycles. The molecule has 0 atom stereocenters. The third-order valence-electron chi connectivity index (χ3n) is 2.82. The average molecular weight is 282 g/mol. The standard InChI is InChI=1S/C12H21F3N2O2/c1-11(2,3)19-10(18)17(12(13,14)15)8-9-4-6-16-7-5-9/h9,16H,4-8H2,1-3H3. The number of halogens is 3. The first-order chi connectivity index (χ1) is 8.59. The van der Waals surface area contributed by atoms with Gasteiger partial charge in [0.1, 0.15) is 5.60 Å². The van der Waals surface area contributed by atoms with Crippen molar-refractivity contribution in [3.63, 3.8) is 0 Å². The third kappa shape index (κ3) is 5.67. The van der Waals surface area contributed by atoms with E-state index in [0.717, 1.165) is 0 Å². The van der Waals surface area contributed by atoms with Gasteiger partial charge in [-0.05, 0) is 52.6 Å². The van der Waals surface area contributed by atoms with Crippen LogP contribution in [-0.4, -0.2) is 42.5 Å². The van der Waals surface area contributed by atoms with E-state index in [1.54, 1.807) is 20.8 Å². The minimum absolute atomic E-state index is 0.117. The van der Waals surface area contributed by atoms with Crippen LogP contribution in [0.1, 0.15) is 33.6 Å². The van der Waals surface area contributed by atoms with Gasteiger partial charge in [-0.3, -0.25) is 0 Å². The maximum absolute atomic E-state index is 12.9. The summed E-state index contributed by atoms with van der Waals surface area (Å²) in [4.78, 5) is 11.5. The van der Waals surface area contributed by atoms with Gasteiger partial charge >= 0.3 is 12.4 Å².